The second-order valence-corrected chi connectivity index (χ2v) is 14.7. The SMILES string of the molecule is C1=C(C2=NC(c3ccccc3)NC(c3cccc(-c4ccc5ccccc5c4)c3)[N-]2)C=C(c2ccc3c(ccc4ccccc43)c2)C2c3ccccc3OC12. The molecule has 1 aliphatic carbocycles. The van der Waals surface area contributed by atoms with E-state index in [1.807, 2.05) is 6.07 Å². The maximum atomic E-state index is 6.72. The first-order valence-electron chi connectivity index (χ1n) is 19.0. The number of nitrogens with zero attached hydrogens (tertiary/aromatic N) is 2. The molecule has 4 nitrogen and oxygen atoms in total. The van der Waals surface area contributed by atoms with E-state index in [0.29, 0.717) is 0 Å². The summed E-state index contributed by atoms with van der Waals surface area (Å²) in [5.74, 6) is 1.71. The van der Waals surface area contributed by atoms with Crippen LogP contribution in [0.2, 0.25) is 0 Å². The van der Waals surface area contributed by atoms with Gasteiger partial charge in [0.05, 0.1) is 5.92 Å². The Morgan fingerprint density at radius 1 is 0.527 bits per heavy atom. The third-order valence-corrected chi connectivity index (χ3v) is 11.4. The van der Waals surface area contributed by atoms with Crippen LogP contribution in [0.4, 0.5) is 0 Å². The molecule has 0 amide bonds. The molecule has 0 radical (unpaired) electrons. The lowest BCUT2D eigenvalue weighted by atomic mass is 9.78. The number of hydrogen-bond acceptors (Lipinski definition) is 3. The predicted molar refractivity (Wildman–Crippen MR) is 226 cm³/mol. The molecule has 4 heteroatoms. The zero-order chi connectivity index (χ0) is 36.3. The van der Waals surface area contributed by atoms with Crippen molar-refractivity contribution in [1.82, 2.24) is 5.32 Å². The Hall–Kier alpha value is -6.75. The molecule has 2 heterocycles. The molecule has 0 saturated carbocycles. The van der Waals surface area contributed by atoms with Crippen molar-refractivity contribution < 1.29 is 4.74 Å². The molecule has 8 aromatic rings. The van der Waals surface area contributed by atoms with Crippen LogP contribution in [-0.4, -0.2) is 11.9 Å². The van der Waals surface area contributed by atoms with Gasteiger partial charge in [-0.05, 0) is 102 Å². The first kappa shape index (κ1) is 31.7. The lowest BCUT2D eigenvalue weighted by molar-refractivity contribution is 0.271. The Labute approximate surface area is 320 Å². The van der Waals surface area contributed by atoms with Crippen molar-refractivity contribution >= 4 is 43.7 Å². The molecular weight excluding hydrogens is 671 g/mol. The van der Waals surface area contributed by atoms with Gasteiger partial charge in [-0.3, -0.25) is 0 Å². The molecule has 0 aromatic heterocycles. The summed E-state index contributed by atoms with van der Waals surface area (Å²) >= 11 is 0. The van der Waals surface area contributed by atoms with Crippen LogP contribution < -0.4 is 10.1 Å². The van der Waals surface area contributed by atoms with E-state index in [1.165, 1.54) is 54.6 Å². The van der Waals surface area contributed by atoms with Crippen LogP contribution in [-0.2, 0) is 0 Å². The lowest BCUT2D eigenvalue weighted by Crippen LogP contribution is -2.33. The zero-order valence-electron chi connectivity index (χ0n) is 30.0. The minimum atomic E-state index is -0.316. The van der Waals surface area contributed by atoms with Gasteiger partial charge in [0.15, 0.2) is 0 Å². The van der Waals surface area contributed by atoms with E-state index in [9.17, 15) is 0 Å². The number of ether oxygens (including phenoxy) is 1. The van der Waals surface area contributed by atoms with Crippen molar-refractivity contribution in [2.45, 2.75) is 24.4 Å². The minimum absolute atomic E-state index is 0.0551. The number of rotatable bonds is 5. The molecule has 0 fully saturated rings. The van der Waals surface area contributed by atoms with E-state index in [4.69, 9.17) is 15.0 Å². The van der Waals surface area contributed by atoms with Gasteiger partial charge in [-0.1, -0.05) is 164 Å². The highest BCUT2D eigenvalue weighted by Crippen LogP contribution is 2.50. The van der Waals surface area contributed by atoms with E-state index < -0.39 is 0 Å². The van der Waals surface area contributed by atoms with Crippen molar-refractivity contribution in [3.63, 3.8) is 0 Å². The number of nitrogens with one attached hydrogen (secondary N) is 1. The Morgan fingerprint density at radius 2 is 1.22 bits per heavy atom. The highest BCUT2D eigenvalue weighted by atomic mass is 16.5. The Morgan fingerprint density at radius 3 is 2.15 bits per heavy atom. The number of fused-ring (bicyclic) bond motifs is 7. The summed E-state index contributed by atoms with van der Waals surface area (Å²) in [4.78, 5) is 5.31. The third-order valence-electron chi connectivity index (χ3n) is 11.4. The number of hydrogen-bond donors (Lipinski definition) is 1. The van der Waals surface area contributed by atoms with Crippen molar-refractivity contribution in [1.29, 1.82) is 0 Å². The zero-order valence-corrected chi connectivity index (χ0v) is 30.0. The predicted octanol–water partition coefficient (Wildman–Crippen LogP) is 12.5. The molecule has 4 atom stereocenters. The number of amidine groups is 1. The average molecular weight is 707 g/mol. The molecular formula is C51H36N3O-. The number of benzene rings is 8. The van der Waals surface area contributed by atoms with E-state index in [2.05, 4.69) is 187 Å². The molecule has 0 saturated heterocycles. The summed E-state index contributed by atoms with van der Waals surface area (Å²) in [6.45, 7) is 0. The van der Waals surface area contributed by atoms with Crippen LogP contribution in [0.3, 0.4) is 0 Å². The standard InChI is InChI=1S/C51H36N3O/c1-2-13-34(14-3-1)49-52-50(40-17-10-16-36(28-40)37-23-21-32-11-4-5-15-35(32)27-37)54-51(53-49)41-30-45(48-44-19-8-9-20-46(44)55-47(48)31-41)39-25-26-43-38(29-39)24-22-33-12-6-7-18-42(33)43/h1-31,47-50,52H/q-1. The summed E-state index contributed by atoms with van der Waals surface area (Å²) < 4.78 is 6.72. The van der Waals surface area contributed by atoms with Gasteiger partial charge < -0.3 is 20.4 Å². The first-order valence-corrected chi connectivity index (χ1v) is 19.0. The molecule has 3 aliphatic rings. The van der Waals surface area contributed by atoms with E-state index in [-0.39, 0.29) is 24.4 Å². The van der Waals surface area contributed by atoms with Gasteiger partial charge in [0.2, 0.25) is 0 Å². The number of para-hydroxylation sites is 1. The monoisotopic (exact) mass is 706 g/mol. The summed E-state index contributed by atoms with van der Waals surface area (Å²) in [5.41, 5.74) is 9.09. The van der Waals surface area contributed by atoms with Crippen LogP contribution in [0.5, 0.6) is 5.75 Å². The molecule has 0 bridgehead atoms. The maximum Gasteiger partial charge on any atom is 0.129 e. The van der Waals surface area contributed by atoms with Gasteiger partial charge in [0, 0.05) is 17.9 Å². The summed E-state index contributed by atoms with van der Waals surface area (Å²) in [5, 5.41) is 16.6. The van der Waals surface area contributed by atoms with Crippen molar-refractivity contribution in [3.05, 3.63) is 221 Å². The van der Waals surface area contributed by atoms with E-state index in [0.717, 1.165) is 33.8 Å². The fourth-order valence-electron chi connectivity index (χ4n) is 8.67. The van der Waals surface area contributed by atoms with Crippen LogP contribution in [0.15, 0.2) is 199 Å². The second kappa shape index (κ2) is 13.0. The topological polar surface area (TPSA) is 47.7 Å². The van der Waals surface area contributed by atoms with Crippen LogP contribution in [0.25, 0.3) is 54.3 Å². The first-order chi connectivity index (χ1) is 27.2. The van der Waals surface area contributed by atoms with Gasteiger partial charge in [-0.25, -0.2) is 0 Å². The van der Waals surface area contributed by atoms with Gasteiger partial charge >= 0.3 is 0 Å². The Balaban J connectivity index is 1.01. The fourth-order valence-corrected chi connectivity index (χ4v) is 8.67. The van der Waals surface area contributed by atoms with Gasteiger partial charge in [0.25, 0.3) is 0 Å². The Kier molecular flexibility index (Phi) is 7.49. The van der Waals surface area contributed by atoms with Crippen LogP contribution >= 0.6 is 0 Å². The summed E-state index contributed by atoms with van der Waals surface area (Å²) in [6, 6.07) is 62.8. The van der Waals surface area contributed by atoms with Gasteiger partial charge in [-0.2, -0.15) is 0 Å². The quantitative estimate of drug-likeness (QED) is 0.181. The highest BCUT2D eigenvalue weighted by Gasteiger charge is 2.39. The van der Waals surface area contributed by atoms with Gasteiger partial charge in [0.1, 0.15) is 11.9 Å². The minimum Gasteiger partial charge on any atom is -0.485 e. The molecule has 2 aliphatic heterocycles. The van der Waals surface area contributed by atoms with Crippen molar-refractivity contribution in [3.8, 4) is 16.9 Å². The van der Waals surface area contributed by atoms with Crippen LogP contribution in [0, 0.1) is 0 Å². The average Bonchev–Trinajstić information content (AvgIpc) is 3.64. The highest BCUT2D eigenvalue weighted by molar-refractivity contribution is 6.13. The fraction of sp³-hybridized carbons (Fsp3) is 0.0784. The van der Waals surface area contributed by atoms with Crippen molar-refractivity contribution in [2.24, 2.45) is 4.99 Å². The summed E-state index contributed by atoms with van der Waals surface area (Å²) in [7, 11) is 0. The molecule has 262 valence electrons. The van der Waals surface area contributed by atoms with E-state index in [1.54, 1.807) is 0 Å². The normalized spacial score (nSPS) is 20.2. The largest absolute Gasteiger partial charge is 0.485 e. The third kappa shape index (κ3) is 5.62. The molecule has 1 N–H and O–H groups in total. The molecule has 0 spiro atoms. The maximum absolute atomic E-state index is 6.72. The van der Waals surface area contributed by atoms with Gasteiger partial charge in [-0.15, -0.1) is 0 Å². The molecule has 11 rings (SSSR count). The smallest absolute Gasteiger partial charge is 0.129 e. The lowest BCUT2D eigenvalue weighted by Gasteiger charge is -2.42. The van der Waals surface area contributed by atoms with Crippen molar-refractivity contribution in [2.75, 3.05) is 0 Å². The second-order valence-electron chi connectivity index (χ2n) is 14.7. The molecule has 4 unspecified atom stereocenters. The molecule has 8 aromatic carbocycles. The van der Waals surface area contributed by atoms with Crippen LogP contribution in [0.1, 0.15) is 40.5 Å². The Bertz CT molecular complexity index is 2890. The molecule has 55 heavy (non-hydrogen) atoms. The summed E-state index contributed by atoms with van der Waals surface area (Å²) in [6.07, 6.45) is 3.77. The number of aliphatic imine (C=N–C) groups is 1. The van der Waals surface area contributed by atoms with E-state index >= 15 is 0 Å².